The summed E-state index contributed by atoms with van der Waals surface area (Å²) < 4.78 is 0. The predicted octanol–water partition coefficient (Wildman–Crippen LogP) is 4.06. The van der Waals surface area contributed by atoms with Gasteiger partial charge in [0.05, 0.1) is 0 Å². The molecule has 0 N–H and O–H groups in total. The maximum absolute atomic E-state index is 2.33. The smallest absolute Gasteiger partial charge is 0.0211 e. The number of hydrogen-bond donors (Lipinski definition) is 0. The van der Waals surface area contributed by atoms with Gasteiger partial charge in [-0.25, -0.2) is 0 Å². The van der Waals surface area contributed by atoms with E-state index in [0.717, 1.165) is 6.42 Å². The molecule has 2 aromatic carbocycles. The minimum atomic E-state index is 0.502. The van der Waals surface area contributed by atoms with E-state index in [2.05, 4.69) is 54.6 Å². The van der Waals surface area contributed by atoms with Crippen LogP contribution in [0.3, 0.4) is 0 Å². The lowest BCUT2D eigenvalue weighted by atomic mass is 9.79. The van der Waals surface area contributed by atoms with Crippen LogP contribution in [-0.2, 0) is 6.42 Å². The highest BCUT2D eigenvalue weighted by Gasteiger charge is 2.20. The molecule has 0 bridgehead atoms. The lowest BCUT2D eigenvalue weighted by Crippen LogP contribution is -2.07. The Morgan fingerprint density at radius 3 is 3.00 bits per heavy atom. The number of hydrogen-bond acceptors (Lipinski definition) is 0. The quantitative estimate of drug-likeness (QED) is 0.568. The zero-order valence-corrected chi connectivity index (χ0v) is 8.98. The molecule has 1 atom stereocenters. The van der Waals surface area contributed by atoms with E-state index < -0.39 is 0 Å². The first-order chi connectivity index (χ1) is 7.93. The van der Waals surface area contributed by atoms with Crippen LogP contribution in [0.1, 0.15) is 22.6 Å². The van der Waals surface area contributed by atoms with Crippen molar-refractivity contribution in [3.05, 3.63) is 65.3 Å². The minimum absolute atomic E-state index is 0.502. The molecule has 4 rings (SSSR count). The first-order valence-corrected chi connectivity index (χ1v) is 5.83. The Bertz CT molecular complexity index is 644. The molecule has 0 spiro atoms. The van der Waals surface area contributed by atoms with Crippen LogP contribution >= 0.6 is 0 Å². The van der Waals surface area contributed by atoms with E-state index >= 15 is 0 Å². The van der Waals surface area contributed by atoms with Gasteiger partial charge in [0.25, 0.3) is 0 Å². The second-order valence-corrected chi connectivity index (χ2v) is 4.60. The van der Waals surface area contributed by atoms with Crippen LogP contribution in [0.4, 0.5) is 0 Å². The maximum atomic E-state index is 2.33. The van der Waals surface area contributed by atoms with Gasteiger partial charge in [-0.1, -0.05) is 54.6 Å². The molecule has 0 saturated carbocycles. The summed E-state index contributed by atoms with van der Waals surface area (Å²) in [6.45, 7) is 0. The molecule has 0 aliphatic heterocycles. The maximum Gasteiger partial charge on any atom is 0.0211 e. The van der Waals surface area contributed by atoms with Gasteiger partial charge in [-0.2, -0.15) is 0 Å². The minimum Gasteiger partial charge on any atom is -0.0832 e. The zero-order chi connectivity index (χ0) is 10.5. The van der Waals surface area contributed by atoms with E-state index in [-0.39, 0.29) is 0 Å². The van der Waals surface area contributed by atoms with Gasteiger partial charge < -0.3 is 0 Å². The highest BCUT2D eigenvalue weighted by atomic mass is 14.2. The van der Waals surface area contributed by atoms with Gasteiger partial charge in [0.2, 0.25) is 0 Å². The summed E-state index contributed by atoms with van der Waals surface area (Å²) in [5.41, 5.74) is 4.41. The largest absolute Gasteiger partial charge is 0.0832 e. The molecule has 2 aromatic rings. The third-order valence-corrected chi connectivity index (χ3v) is 3.71. The summed E-state index contributed by atoms with van der Waals surface area (Å²) in [5.74, 6) is 0.502. The summed E-state index contributed by atoms with van der Waals surface area (Å²) in [6, 6.07) is 11.1. The van der Waals surface area contributed by atoms with Gasteiger partial charge in [-0.15, -0.1) is 0 Å². The number of allylic oxidation sites excluding steroid dienone is 3. The molecule has 16 heavy (non-hydrogen) atoms. The fourth-order valence-electron chi connectivity index (χ4n) is 2.98. The third-order valence-electron chi connectivity index (χ3n) is 3.71. The van der Waals surface area contributed by atoms with Gasteiger partial charge in [-0.3, -0.25) is 0 Å². The van der Waals surface area contributed by atoms with Crippen LogP contribution in [0.5, 0.6) is 0 Å². The molecule has 76 valence electrons. The summed E-state index contributed by atoms with van der Waals surface area (Å²) in [6.07, 6.45) is 10.3. The Labute approximate surface area is 94.9 Å². The van der Waals surface area contributed by atoms with Crippen molar-refractivity contribution >= 4 is 16.8 Å². The monoisotopic (exact) mass is 204 g/mol. The van der Waals surface area contributed by atoms with Crippen molar-refractivity contribution in [1.29, 1.82) is 0 Å². The topological polar surface area (TPSA) is 0 Å². The molecule has 0 nitrogen and oxygen atoms in total. The lowest BCUT2D eigenvalue weighted by Gasteiger charge is -2.24. The Kier molecular flexibility index (Phi) is 1.49. The van der Waals surface area contributed by atoms with E-state index in [1.54, 1.807) is 0 Å². The van der Waals surface area contributed by atoms with Crippen molar-refractivity contribution in [2.24, 2.45) is 0 Å². The van der Waals surface area contributed by atoms with Crippen LogP contribution in [0.2, 0.25) is 0 Å². The SMILES string of the molecule is C1=CC2C=Cc3cccc4ccc(c2c34)C1. The average Bonchev–Trinajstić information content (AvgIpc) is 2.36. The highest BCUT2D eigenvalue weighted by molar-refractivity contribution is 5.97. The van der Waals surface area contributed by atoms with Crippen molar-refractivity contribution in [3.63, 3.8) is 0 Å². The molecular formula is C16H12. The molecule has 0 fully saturated rings. The van der Waals surface area contributed by atoms with Crippen molar-refractivity contribution < 1.29 is 0 Å². The Morgan fingerprint density at radius 2 is 2.00 bits per heavy atom. The molecule has 0 heterocycles. The second kappa shape index (κ2) is 2.85. The van der Waals surface area contributed by atoms with E-state index in [9.17, 15) is 0 Å². The van der Waals surface area contributed by atoms with E-state index in [4.69, 9.17) is 0 Å². The molecule has 0 aromatic heterocycles. The molecule has 0 saturated heterocycles. The first-order valence-electron chi connectivity index (χ1n) is 5.83. The van der Waals surface area contributed by atoms with Gasteiger partial charge in [-0.05, 0) is 33.9 Å². The molecule has 0 amide bonds. The van der Waals surface area contributed by atoms with Gasteiger partial charge in [0.1, 0.15) is 0 Å². The van der Waals surface area contributed by atoms with Crippen molar-refractivity contribution in [1.82, 2.24) is 0 Å². The fourth-order valence-corrected chi connectivity index (χ4v) is 2.98. The molecular weight excluding hydrogens is 192 g/mol. The first kappa shape index (κ1) is 8.35. The van der Waals surface area contributed by atoms with Crippen LogP contribution < -0.4 is 0 Å². The summed E-state index contributed by atoms with van der Waals surface area (Å²) >= 11 is 0. The average molecular weight is 204 g/mol. The van der Waals surface area contributed by atoms with Crippen LogP contribution in [0.15, 0.2) is 48.6 Å². The number of rotatable bonds is 0. The van der Waals surface area contributed by atoms with E-state index in [1.807, 2.05) is 0 Å². The molecule has 1 unspecified atom stereocenters. The Hall–Kier alpha value is -1.82. The normalized spacial score (nSPS) is 20.4. The van der Waals surface area contributed by atoms with Crippen molar-refractivity contribution in [2.45, 2.75) is 12.3 Å². The predicted molar refractivity (Wildman–Crippen MR) is 68.6 cm³/mol. The highest BCUT2D eigenvalue weighted by Crippen LogP contribution is 2.39. The van der Waals surface area contributed by atoms with Gasteiger partial charge in [0, 0.05) is 5.92 Å². The van der Waals surface area contributed by atoms with E-state index in [0.29, 0.717) is 5.92 Å². The molecule has 2 aliphatic carbocycles. The summed E-state index contributed by atoms with van der Waals surface area (Å²) in [5, 5.41) is 2.85. The summed E-state index contributed by atoms with van der Waals surface area (Å²) in [4.78, 5) is 0. The van der Waals surface area contributed by atoms with Crippen molar-refractivity contribution in [3.8, 4) is 0 Å². The fraction of sp³-hybridized carbons (Fsp3) is 0.125. The van der Waals surface area contributed by atoms with Crippen LogP contribution in [-0.4, -0.2) is 0 Å². The van der Waals surface area contributed by atoms with E-state index in [1.165, 1.54) is 27.5 Å². The van der Waals surface area contributed by atoms with Gasteiger partial charge in [0.15, 0.2) is 0 Å². The Balaban J connectivity index is 2.24. The van der Waals surface area contributed by atoms with Gasteiger partial charge >= 0.3 is 0 Å². The zero-order valence-electron chi connectivity index (χ0n) is 8.98. The second-order valence-electron chi connectivity index (χ2n) is 4.60. The molecule has 0 radical (unpaired) electrons. The van der Waals surface area contributed by atoms with Crippen LogP contribution in [0, 0.1) is 0 Å². The molecule has 2 aliphatic rings. The van der Waals surface area contributed by atoms with Crippen LogP contribution in [0.25, 0.3) is 16.8 Å². The molecule has 0 heteroatoms. The lowest BCUT2D eigenvalue weighted by molar-refractivity contribution is 1.00. The van der Waals surface area contributed by atoms with Crippen molar-refractivity contribution in [2.75, 3.05) is 0 Å². The number of benzene rings is 2. The third kappa shape index (κ3) is 0.943. The standard InChI is InChI=1S/C16H12/c1-3-11-7-9-13-5-2-6-14-10-8-12(4-1)15(11)16(13)14/h1-5,7-10,13H,6H2. The Morgan fingerprint density at radius 1 is 1.00 bits per heavy atom. The summed E-state index contributed by atoms with van der Waals surface area (Å²) in [7, 11) is 0.